The first-order chi connectivity index (χ1) is 10.8. The van der Waals surface area contributed by atoms with E-state index in [4.69, 9.17) is 5.11 Å². The van der Waals surface area contributed by atoms with Crippen LogP contribution >= 0.6 is 0 Å². The number of rotatable bonds is 8. The minimum atomic E-state index is -1.07. The minimum absolute atomic E-state index is 0.141. The van der Waals surface area contributed by atoms with Gasteiger partial charge in [0.05, 0.1) is 6.54 Å². The zero-order valence-electron chi connectivity index (χ0n) is 13.8. The molecule has 1 aromatic carbocycles. The minimum Gasteiger partial charge on any atom is -0.480 e. The molecule has 0 aliphatic rings. The number of aryl methyl sites for hydroxylation is 1. The number of benzene rings is 1. The molecule has 6 nitrogen and oxygen atoms in total. The molecule has 2 amide bonds. The average molecular weight is 320 g/mol. The van der Waals surface area contributed by atoms with Crippen molar-refractivity contribution in [2.45, 2.75) is 39.7 Å². The predicted octanol–water partition coefficient (Wildman–Crippen LogP) is 1.59. The smallest absolute Gasteiger partial charge is 0.326 e. The van der Waals surface area contributed by atoms with E-state index in [0.29, 0.717) is 18.4 Å². The van der Waals surface area contributed by atoms with E-state index >= 15 is 0 Å². The molecule has 1 atom stereocenters. The Hall–Kier alpha value is -2.37. The third-order valence-electron chi connectivity index (χ3n) is 3.39. The summed E-state index contributed by atoms with van der Waals surface area (Å²) < 4.78 is 0. The molecular formula is C17H24N2O4. The van der Waals surface area contributed by atoms with Crippen molar-refractivity contribution in [1.82, 2.24) is 10.6 Å². The van der Waals surface area contributed by atoms with Crippen molar-refractivity contribution in [3.63, 3.8) is 0 Å². The van der Waals surface area contributed by atoms with E-state index in [1.807, 2.05) is 32.9 Å². The van der Waals surface area contributed by atoms with E-state index in [-0.39, 0.29) is 18.4 Å². The topological polar surface area (TPSA) is 95.5 Å². The van der Waals surface area contributed by atoms with E-state index < -0.39 is 17.9 Å². The molecule has 1 aromatic rings. The van der Waals surface area contributed by atoms with Crippen molar-refractivity contribution in [3.05, 3.63) is 35.4 Å². The lowest BCUT2D eigenvalue weighted by Crippen LogP contribution is -2.46. The Balaban J connectivity index is 2.58. The Bertz CT molecular complexity index is 569. The van der Waals surface area contributed by atoms with Gasteiger partial charge in [0.2, 0.25) is 5.91 Å². The van der Waals surface area contributed by atoms with Gasteiger partial charge < -0.3 is 15.7 Å². The molecule has 126 valence electrons. The number of nitrogens with one attached hydrogen (secondary N) is 2. The number of aliphatic carboxylic acids is 1. The Kier molecular flexibility index (Phi) is 7.25. The van der Waals surface area contributed by atoms with Gasteiger partial charge in [-0.3, -0.25) is 9.59 Å². The fourth-order valence-corrected chi connectivity index (χ4v) is 2.24. The third-order valence-corrected chi connectivity index (χ3v) is 3.39. The number of carboxylic acids is 1. The summed E-state index contributed by atoms with van der Waals surface area (Å²) in [6, 6.07) is 6.23. The maximum Gasteiger partial charge on any atom is 0.326 e. The quantitative estimate of drug-likeness (QED) is 0.678. The molecule has 0 heterocycles. The molecule has 0 saturated heterocycles. The summed E-state index contributed by atoms with van der Waals surface area (Å²) in [6.07, 6.45) is 1.05. The van der Waals surface area contributed by atoms with Gasteiger partial charge in [-0.15, -0.1) is 0 Å². The summed E-state index contributed by atoms with van der Waals surface area (Å²) in [4.78, 5) is 35.1. The van der Waals surface area contributed by atoms with E-state index in [2.05, 4.69) is 10.6 Å². The Morgan fingerprint density at radius 2 is 1.83 bits per heavy atom. The number of carbonyl (C=O) groups excluding carboxylic acids is 2. The second-order valence-corrected chi connectivity index (χ2v) is 5.78. The number of carboxylic acid groups (broad SMARTS) is 1. The Labute approximate surface area is 136 Å². The van der Waals surface area contributed by atoms with Gasteiger partial charge in [0.15, 0.2) is 0 Å². The first kappa shape index (κ1) is 18.7. The van der Waals surface area contributed by atoms with Crippen LogP contribution in [0.15, 0.2) is 24.3 Å². The Morgan fingerprint density at radius 1 is 1.17 bits per heavy atom. The van der Waals surface area contributed by atoms with Gasteiger partial charge >= 0.3 is 5.97 Å². The maximum atomic E-state index is 12.1. The van der Waals surface area contributed by atoms with E-state index in [1.165, 1.54) is 0 Å². The second kappa shape index (κ2) is 8.92. The summed E-state index contributed by atoms with van der Waals surface area (Å²) in [5, 5.41) is 14.0. The van der Waals surface area contributed by atoms with Crippen molar-refractivity contribution < 1.29 is 19.5 Å². The van der Waals surface area contributed by atoms with Crippen LogP contribution in [-0.4, -0.2) is 35.5 Å². The van der Waals surface area contributed by atoms with Crippen molar-refractivity contribution in [1.29, 1.82) is 0 Å². The van der Waals surface area contributed by atoms with Gasteiger partial charge in [-0.1, -0.05) is 39.0 Å². The second-order valence-electron chi connectivity index (χ2n) is 5.78. The van der Waals surface area contributed by atoms with Crippen LogP contribution in [0.25, 0.3) is 0 Å². The molecule has 6 heteroatoms. The summed E-state index contributed by atoms with van der Waals surface area (Å²) in [6.45, 7) is 5.46. The predicted molar refractivity (Wildman–Crippen MR) is 87.2 cm³/mol. The average Bonchev–Trinajstić information content (AvgIpc) is 2.51. The number of carbonyl (C=O) groups is 3. The van der Waals surface area contributed by atoms with Crippen LogP contribution in [-0.2, 0) is 16.0 Å². The molecule has 0 aliphatic heterocycles. The molecule has 0 aliphatic carbocycles. The number of hydrogen-bond acceptors (Lipinski definition) is 3. The lowest BCUT2D eigenvalue weighted by Gasteiger charge is -2.16. The normalized spacial score (nSPS) is 11.8. The molecule has 0 unspecified atom stereocenters. The largest absolute Gasteiger partial charge is 0.480 e. The highest BCUT2D eigenvalue weighted by molar-refractivity contribution is 5.98. The zero-order valence-corrected chi connectivity index (χ0v) is 13.8. The van der Waals surface area contributed by atoms with Crippen LogP contribution < -0.4 is 10.6 Å². The third kappa shape index (κ3) is 6.10. The standard InChI is InChI=1S/C17H24N2O4/c1-4-12-7-5-6-8-13(12)16(21)18-10-15(20)19-14(17(22)23)9-11(2)3/h5-8,11,14H,4,9-10H2,1-3H3,(H,18,21)(H,19,20)(H,22,23)/t14-/m0/s1. The SMILES string of the molecule is CCc1ccccc1C(=O)NCC(=O)N[C@@H](CC(C)C)C(=O)O. The van der Waals surface area contributed by atoms with Crippen LogP contribution in [0.2, 0.25) is 0 Å². The first-order valence-electron chi connectivity index (χ1n) is 7.73. The summed E-state index contributed by atoms with van der Waals surface area (Å²) in [7, 11) is 0. The van der Waals surface area contributed by atoms with Gasteiger partial charge in [0.1, 0.15) is 6.04 Å². The fraction of sp³-hybridized carbons (Fsp3) is 0.471. The highest BCUT2D eigenvalue weighted by Crippen LogP contribution is 2.09. The fourth-order valence-electron chi connectivity index (χ4n) is 2.24. The molecule has 0 fully saturated rings. The zero-order chi connectivity index (χ0) is 17.4. The van der Waals surface area contributed by atoms with Gasteiger partial charge in [-0.25, -0.2) is 4.79 Å². The van der Waals surface area contributed by atoms with Crippen LogP contribution in [0.5, 0.6) is 0 Å². The van der Waals surface area contributed by atoms with E-state index in [1.54, 1.807) is 12.1 Å². The molecule has 0 aromatic heterocycles. The van der Waals surface area contributed by atoms with Crippen molar-refractivity contribution >= 4 is 17.8 Å². The molecule has 23 heavy (non-hydrogen) atoms. The number of hydrogen-bond donors (Lipinski definition) is 3. The first-order valence-corrected chi connectivity index (χ1v) is 7.73. The van der Waals surface area contributed by atoms with E-state index in [0.717, 1.165) is 5.56 Å². The molecule has 0 bridgehead atoms. The van der Waals surface area contributed by atoms with Crippen LogP contribution in [0.4, 0.5) is 0 Å². The number of amides is 2. The summed E-state index contributed by atoms with van der Waals surface area (Å²) in [5.74, 6) is -1.79. The maximum absolute atomic E-state index is 12.1. The molecular weight excluding hydrogens is 296 g/mol. The van der Waals surface area contributed by atoms with Gasteiger partial charge in [0, 0.05) is 5.56 Å². The van der Waals surface area contributed by atoms with Crippen LogP contribution in [0.3, 0.4) is 0 Å². The lowest BCUT2D eigenvalue weighted by atomic mass is 10.0. The molecule has 0 spiro atoms. The molecule has 0 saturated carbocycles. The van der Waals surface area contributed by atoms with Gasteiger partial charge in [0.25, 0.3) is 5.91 Å². The summed E-state index contributed by atoms with van der Waals surface area (Å²) in [5.41, 5.74) is 1.42. The molecule has 3 N–H and O–H groups in total. The monoisotopic (exact) mass is 320 g/mol. The van der Waals surface area contributed by atoms with Crippen LogP contribution in [0.1, 0.15) is 43.1 Å². The van der Waals surface area contributed by atoms with E-state index in [9.17, 15) is 14.4 Å². The van der Waals surface area contributed by atoms with Crippen LogP contribution in [0, 0.1) is 5.92 Å². The highest BCUT2D eigenvalue weighted by Gasteiger charge is 2.21. The Morgan fingerprint density at radius 3 is 2.39 bits per heavy atom. The summed E-state index contributed by atoms with van der Waals surface area (Å²) >= 11 is 0. The van der Waals surface area contributed by atoms with Crippen molar-refractivity contribution in [3.8, 4) is 0 Å². The van der Waals surface area contributed by atoms with Gasteiger partial charge in [-0.05, 0) is 30.4 Å². The molecule has 1 rings (SSSR count). The highest BCUT2D eigenvalue weighted by atomic mass is 16.4. The van der Waals surface area contributed by atoms with Crippen molar-refractivity contribution in [2.75, 3.05) is 6.54 Å². The van der Waals surface area contributed by atoms with Crippen molar-refractivity contribution in [2.24, 2.45) is 5.92 Å². The lowest BCUT2D eigenvalue weighted by molar-refractivity contribution is -0.142. The molecule has 0 radical (unpaired) electrons. The van der Waals surface area contributed by atoms with Gasteiger partial charge in [-0.2, -0.15) is 0 Å².